The number of nitrogens with one attached hydrogen (secondary N) is 4. The zero-order valence-electron chi connectivity index (χ0n) is 19.6. The third-order valence-electron chi connectivity index (χ3n) is 6.34. The fourth-order valence-corrected chi connectivity index (χ4v) is 4.56. The Labute approximate surface area is 211 Å². The number of amides is 2. The molecule has 2 atom stereocenters. The van der Waals surface area contributed by atoms with Gasteiger partial charge < -0.3 is 21.3 Å². The van der Waals surface area contributed by atoms with Gasteiger partial charge in [0.1, 0.15) is 24.0 Å². The summed E-state index contributed by atoms with van der Waals surface area (Å²) in [6.45, 7) is 3.57. The molecule has 3 aromatic rings. The van der Waals surface area contributed by atoms with Crippen LogP contribution in [0.25, 0.3) is 0 Å². The van der Waals surface area contributed by atoms with Crippen LogP contribution < -0.4 is 21.3 Å². The van der Waals surface area contributed by atoms with Crippen molar-refractivity contribution in [2.45, 2.75) is 52.4 Å². The van der Waals surface area contributed by atoms with E-state index in [9.17, 15) is 9.59 Å². The van der Waals surface area contributed by atoms with Gasteiger partial charge in [-0.2, -0.15) is 0 Å². The minimum Gasteiger partial charge on any atom is -0.350 e. The quantitative estimate of drug-likeness (QED) is 0.383. The van der Waals surface area contributed by atoms with Crippen molar-refractivity contribution in [2.75, 3.05) is 17.2 Å². The van der Waals surface area contributed by atoms with E-state index in [0.717, 1.165) is 41.9 Å². The number of carbonyl (C=O) groups excluding carboxylic acids is 2. The Balaban J connectivity index is 0.00000304. The number of hydrogen-bond acceptors (Lipinski definition) is 7. The van der Waals surface area contributed by atoms with Gasteiger partial charge in [0.25, 0.3) is 0 Å². The zero-order chi connectivity index (χ0) is 24.2. The molecular weight excluding hydrogens is 454 g/mol. The number of fused-ring (bicyclic) bond motifs is 7. The molecule has 2 aliphatic heterocycles. The van der Waals surface area contributed by atoms with Crippen LogP contribution >= 0.6 is 0 Å². The highest BCUT2D eigenvalue weighted by molar-refractivity contribution is 5.89. The molecule has 3 heterocycles. The maximum atomic E-state index is 13.0. The molecule has 1 aromatic heterocycles. The average Bonchev–Trinajstić information content (AvgIpc) is 3.31. The van der Waals surface area contributed by atoms with E-state index in [2.05, 4.69) is 48.3 Å². The van der Waals surface area contributed by atoms with Gasteiger partial charge in [0.15, 0.2) is 0 Å². The number of carbonyl (C=O) groups is 2. The Hall–Kier alpha value is -3.98. The van der Waals surface area contributed by atoms with E-state index >= 15 is 0 Å². The molecule has 0 aliphatic carbocycles. The number of benzene rings is 2. The van der Waals surface area contributed by atoms with E-state index < -0.39 is 6.04 Å². The second-order valence-electron chi connectivity index (χ2n) is 9.02. The Morgan fingerprint density at radius 1 is 0.889 bits per heavy atom. The standard InChI is InChI=1S/C26H29N7O2.CH4/c1-17-25(34)27-14-18-5-2-7-20(11-18)31-23-13-24(29-16-28-23)32-21-8-3-6-19(12-21)15-33-10-4-9-22(33)26(35)30-17;/h2-3,5-8,11-13,16-17,22H,4,9-10,14-15H2,1H3,(H,27,34)(H,30,35)(H2,28,29,31,32);1H4/t17-,22-;/m0./s1. The van der Waals surface area contributed by atoms with Crippen molar-refractivity contribution in [3.05, 3.63) is 72.1 Å². The van der Waals surface area contributed by atoms with E-state index in [4.69, 9.17) is 0 Å². The van der Waals surface area contributed by atoms with Crippen molar-refractivity contribution in [1.82, 2.24) is 25.5 Å². The summed E-state index contributed by atoms with van der Waals surface area (Å²) in [6.07, 6.45) is 3.24. The van der Waals surface area contributed by atoms with Crippen LogP contribution in [0.5, 0.6) is 0 Å². The lowest BCUT2D eigenvalue weighted by Crippen LogP contribution is -2.50. The van der Waals surface area contributed by atoms with Crippen LogP contribution in [-0.2, 0) is 22.7 Å². The van der Waals surface area contributed by atoms with E-state index in [-0.39, 0.29) is 25.3 Å². The molecule has 2 aromatic carbocycles. The van der Waals surface area contributed by atoms with Gasteiger partial charge in [-0.3, -0.25) is 14.5 Å². The van der Waals surface area contributed by atoms with Gasteiger partial charge in [-0.1, -0.05) is 31.7 Å². The Morgan fingerprint density at radius 2 is 1.56 bits per heavy atom. The molecule has 1 fully saturated rings. The summed E-state index contributed by atoms with van der Waals surface area (Å²) < 4.78 is 0. The molecule has 9 nitrogen and oxygen atoms in total. The zero-order valence-corrected chi connectivity index (χ0v) is 19.6. The third kappa shape index (κ3) is 5.98. The number of nitrogens with zero attached hydrogens (tertiary/aromatic N) is 3. The highest BCUT2D eigenvalue weighted by Crippen LogP contribution is 2.24. The summed E-state index contributed by atoms with van der Waals surface area (Å²) in [5.74, 6) is 1.01. The van der Waals surface area contributed by atoms with Crippen LogP contribution in [0.3, 0.4) is 0 Å². The number of rotatable bonds is 0. The van der Waals surface area contributed by atoms with Crippen LogP contribution in [-0.4, -0.2) is 45.3 Å². The molecule has 0 spiro atoms. The summed E-state index contributed by atoms with van der Waals surface area (Å²) in [5.41, 5.74) is 3.79. The summed E-state index contributed by atoms with van der Waals surface area (Å²) in [7, 11) is 0. The second kappa shape index (κ2) is 11.2. The van der Waals surface area contributed by atoms with Crippen LogP contribution in [0.15, 0.2) is 60.9 Å². The van der Waals surface area contributed by atoms with Gasteiger partial charge in [0.05, 0.1) is 6.04 Å². The summed E-state index contributed by atoms with van der Waals surface area (Å²) >= 11 is 0. The molecule has 9 heteroatoms. The molecule has 0 radical (unpaired) electrons. The Bertz CT molecular complexity index is 1230. The van der Waals surface area contributed by atoms with Gasteiger partial charge in [-0.25, -0.2) is 9.97 Å². The smallest absolute Gasteiger partial charge is 0.242 e. The molecule has 5 rings (SSSR count). The number of aromatic nitrogens is 2. The predicted octanol–water partition coefficient (Wildman–Crippen LogP) is 3.70. The van der Waals surface area contributed by atoms with E-state index in [1.54, 1.807) is 6.92 Å². The van der Waals surface area contributed by atoms with Crippen molar-refractivity contribution in [2.24, 2.45) is 0 Å². The van der Waals surface area contributed by atoms with Gasteiger partial charge in [0, 0.05) is 30.5 Å². The van der Waals surface area contributed by atoms with E-state index in [0.29, 0.717) is 24.7 Å². The minimum atomic E-state index is -0.621. The fraction of sp³-hybridized carbons (Fsp3) is 0.333. The SMILES string of the molecule is C.C[C@@H]1NC(=O)[C@@H]2CCCN2Cc2cccc(c2)Nc2cc(ncn2)Nc2cccc(c2)CNC1=O. The van der Waals surface area contributed by atoms with Crippen molar-refractivity contribution in [3.63, 3.8) is 0 Å². The first-order valence-corrected chi connectivity index (χ1v) is 11.9. The molecule has 4 N–H and O–H groups in total. The van der Waals surface area contributed by atoms with Crippen LogP contribution in [0.2, 0.25) is 0 Å². The van der Waals surface area contributed by atoms with Crippen LogP contribution in [0.1, 0.15) is 38.3 Å². The van der Waals surface area contributed by atoms with Gasteiger partial charge >= 0.3 is 0 Å². The fourth-order valence-electron chi connectivity index (χ4n) is 4.56. The average molecular weight is 488 g/mol. The van der Waals surface area contributed by atoms with Crippen molar-refractivity contribution in [3.8, 4) is 0 Å². The normalized spacial score (nSPS) is 20.5. The molecule has 6 bridgehead atoms. The lowest BCUT2D eigenvalue weighted by Gasteiger charge is -2.25. The lowest BCUT2D eigenvalue weighted by molar-refractivity contribution is -0.131. The molecule has 36 heavy (non-hydrogen) atoms. The summed E-state index contributed by atoms with van der Waals surface area (Å²) in [5, 5.41) is 12.5. The number of anilines is 4. The molecule has 0 saturated carbocycles. The van der Waals surface area contributed by atoms with Crippen LogP contribution in [0.4, 0.5) is 23.0 Å². The maximum Gasteiger partial charge on any atom is 0.242 e. The highest BCUT2D eigenvalue weighted by atomic mass is 16.2. The minimum absolute atomic E-state index is 0. The predicted molar refractivity (Wildman–Crippen MR) is 141 cm³/mol. The highest BCUT2D eigenvalue weighted by Gasteiger charge is 2.32. The Kier molecular flexibility index (Phi) is 7.80. The van der Waals surface area contributed by atoms with E-state index in [1.165, 1.54) is 6.33 Å². The molecule has 2 aliphatic rings. The van der Waals surface area contributed by atoms with Crippen LogP contribution in [0, 0.1) is 0 Å². The van der Waals surface area contributed by atoms with Gasteiger partial charge in [-0.05, 0) is 61.7 Å². The number of hydrogen-bond donors (Lipinski definition) is 4. The molecule has 188 valence electrons. The third-order valence-corrected chi connectivity index (χ3v) is 6.34. The van der Waals surface area contributed by atoms with E-state index in [1.807, 2.05) is 42.5 Å². The summed E-state index contributed by atoms with van der Waals surface area (Å²) in [6, 6.07) is 16.8. The van der Waals surface area contributed by atoms with Crippen molar-refractivity contribution in [1.29, 1.82) is 0 Å². The first kappa shape index (κ1) is 25.1. The maximum absolute atomic E-state index is 13.0. The largest absolute Gasteiger partial charge is 0.350 e. The van der Waals surface area contributed by atoms with Gasteiger partial charge in [-0.15, -0.1) is 0 Å². The molecule has 0 unspecified atom stereocenters. The second-order valence-corrected chi connectivity index (χ2v) is 9.02. The van der Waals surface area contributed by atoms with Crippen molar-refractivity contribution < 1.29 is 9.59 Å². The lowest BCUT2D eigenvalue weighted by atomic mass is 10.1. The topological polar surface area (TPSA) is 111 Å². The summed E-state index contributed by atoms with van der Waals surface area (Å²) in [4.78, 5) is 36.6. The Morgan fingerprint density at radius 3 is 2.28 bits per heavy atom. The molecular formula is C27H33N7O2. The molecule has 2 amide bonds. The van der Waals surface area contributed by atoms with Crippen molar-refractivity contribution >= 4 is 34.8 Å². The van der Waals surface area contributed by atoms with Gasteiger partial charge in [0.2, 0.25) is 11.8 Å². The monoisotopic (exact) mass is 487 g/mol. The first-order valence-electron chi connectivity index (χ1n) is 11.9. The first-order chi connectivity index (χ1) is 17.0. The molecule has 1 saturated heterocycles.